The quantitative estimate of drug-likeness (QED) is 0.509. The van der Waals surface area contributed by atoms with Crippen molar-refractivity contribution in [2.24, 2.45) is 11.8 Å². The van der Waals surface area contributed by atoms with Crippen LogP contribution in [-0.4, -0.2) is 77.3 Å². The molecule has 0 radical (unpaired) electrons. The Morgan fingerprint density at radius 3 is 2.38 bits per heavy atom. The number of likely N-dealkylation sites (N-methyl/N-ethyl adjacent to an activating group) is 1. The number of benzene rings is 1. The predicted octanol–water partition coefficient (Wildman–Crippen LogP) is 3.70. The second-order valence-electron chi connectivity index (χ2n) is 11.3. The molecule has 212 valence electrons. The van der Waals surface area contributed by atoms with E-state index in [1.54, 1.807) is 21.6 Å². The van der Waals surface area contributed by atoms with E-state index in [9.17, 15) is 19.2 Å². The Morgan fingerprint density at radius 1 is 1.10 bits per heavy atom. The first-order valence-corrected chi connectivity index (χ1v) is 14.2. The second kappa shape index (κ2) is 11.8. The number of nitrogens with zero attached hydrogens (tertiary/aromatic N) is 3. The highest BCUT2D eigenvalue weighted by Crippen LogP contribution is 2.39. The van der Waals surface area contributed by atoms with E-state index < -0.39 is 12.1 Å². The summed E-state index contributed by atoms with van der Waals surface area (Å²) in [7, 11) is 0. The van der Waals surface area contributed by atoms with Gasteiger partial charge >= 0.3 is 12.0 Å². The molecule has 9 heteroatoms. The van der Waals surface area contributed by atoms with Crippen LogP contribution in [0.2, 0.25) is 0 Å². The number of esters is 1. The summed E-state index contributed by atoms with van der Waals surface area (Å²) in [5.74, 6) is -0.519. The molecule has 4 amide bonds. The fraction of sp³-hybridized carbons (Fsp3) is 0.600. The standard InChI is InChI=1S/C30H42N4O5/c1-7-33-24-17-34(28(36)25(24)26(31-30(33)38)22-10-9-19(5)16-20(22)6)23(15-18(3)4)27(35)32-13-11-21(12-14-32)29(37)39-8-2/h9-10,16,18,21,23,26H,7-8,11-15,17H2,1-6H3,(H,31,38)/t23-,26+/m1/s1. The molecule has 3 aliphatic rings. The zero-order valence-electron chi connectivity index (χ0n) is 24.1. The van der Waals surface area contributed by atoms with Crippen molar-refractivity contribution >= 4 is 23.8 Å². The molecule has 9 nitrogen and oxygen atoms in total. The lowest BCUT2D eigenvalue weighted by molar-refractivity contribution is -0.152. The number of likely N-dealkylation sites (tertiary alicyclic amines) is 1. The van der Waals surface area contributed by atoms with Gasteiger partial charge in [0.25, 0.3) is 5.91 Å². The van der Waals surface area contributed by atoms with Gasteiger partial charge in [-0.25, -0.2) is 4.79 Å². The van der Waals surface area contributed by atoms with E-state index in [0.717, 1.165) is 16.7 Å². The molecule has 1 saturated heterocycles. The molecule has 1 aromatic carbocycles. The number of ether oxygens (including phenoxy) is 1. The van der Waals surface area contributed by atoms with Crippen LogP contribution >= 0.6 is 0 Å². The summed E-state index contributed by atoms with van der Waals surface area (Å²) in [5, 5.41) is 3.06. The first-order valence-electron chi connectivity index (χ1n) is 14.2. The van der Waals surface area contributed by atoms with E-state index in [1.165, 1.54) is 0 Å². The van der Waals surface area contributed by atoms with Crippen LogP contribution in [0.1, 0.15) is 69.7 Å². The molecule has 0 saturated carbocycles. The van der Waals surface area contributed by atoms with Crippen molar-refractivity contribution in [1.82, 2.24) is 20.0 Å². The van der Waals surface area contributed by atoms with Crippen LogP contribution in [0.4, 0.5) is 4.79 Å². The van der Waals surface area contributed by atoms with Crippen LogP contribution in [0.3, 0.4) is 0 Å². The third kappa shape index (κ3) is 5.68. The first kappa shape index (κ1) is 28.6. The highest BCUT2D eigenvalue weighted by atomic mass is 16.5. The number of hydrogen-bond donors (Lipinski definition) is 1. The average molecular weight is 539 g/mol. The number of aryl methyl sites for hydroxylation is 2. The summed E-state index contributed by atoms with van der Waals surface area (Å²) in [6.07, 6.45) is 1.63. The van der Waals surface area contributed by atoms with Crippen molar-refractivity contribution in [2.75, 3.05) is 32.8 Å². The summed E-state index contributed by atoms with van der Waals surface area (Å²) >= 11 is 0. The van der Waals surface area contributed by atoms with E-state index in [-0.39, 0.29) is 42.2 Å². The first-order chi connectivity index (χ1) is 18.6. The van der Waals surface area contributed by atoms with Gasteiger partial charge in [-0.3, -0.25) is 19.3 Å². The summed E-state index contributed by atoms with van der Waals surface area (Å²) in [6, 6.07) is 4.57. The third-order valence-electron chi connectivity index (χ3n) is 8.08. The van der Waals surface area contributed by atoms with Crippen molar-refractivity contribution < 1.29 is 23.9 Å². The Hall–Kier alpha value is -3.36. The molecular formula is C30H42N4O5. The third-order valence-corrected chi connectivity index (χ3v) is 8.08. The number of carbonyl (C=O) groups excluding carboxylic acids is 4. The lowest BCUT2D eigenvalue weighted by Crippen LogP contribution is -2.53. The molecule has 0 aromatic heterocycles. The molecule has 0 bridgehead atoms. The maximum Gasteiger partial charge on any atom is 0.322 e. The number of hydrogen-bond acceptors (Lipinski definition) is 5. The Morgan fingerprint density at radius 2 is 1.79 bits per heavy atom. The molecule has 1 fully saturated rings. The van der Waals surface area contributed by atoms with Gasteiger partial charge in [-0.1, -0.05) is 37.6 Å². The predicted molar refractivity (Wildman–Crippen MR) is 147 cm³/mol. The molecule has 1 N–H and O–H groups in total. The van der Waals surface area contributed by atoms with Gasteiger partial charge in [0.2, 0.25) is 5.91 Å². The summed E-state index contributed by atoms with van der Waals surface area (Å²) in [4.78, 5) is 58.5. The maximum absolute atomic E-state index is 14.2. The van der Waals surface area contributed by atoms with Crippen LogP contribution in [0.5, 0.6) is 0 Å². The van der Waals surface area contributed by atoms with Gasteiger partial charge in [0.1, 0.15) is 6.04 Å². The molecule has 3 aliphatic heterocycles. The Labute approximate surface area is 231 Å². The number of rotatable bonds is 8. The SMILES string of the molecule is CCOC(=O)C1CCN(C(=O)[C@@H](CC(C)C)N2CC3=C(C2=O)[C@H](c2ccc(C)cc2C)NC(=O)N3CC)CC1. The van der Waals surface area contributed by atoms with E-state index in [1.807, 2.05) is 46.8 Å². The smallest absolute Gasteiger partial charge is 0.322 e. The van der Waals surface area contributed by atoms with Crippen molar-refractivity contribution in [3.63, 3.8) is 0 Å². The molecular weight excluding hydrogens is 496 g/mol. The fourth-order valence-corrected chi connectivity index (χ4v) is 6.10. The number of amides is 4. The van der Waals surface area contributed by atoms with Gasteiger partial charge in [-0.15, -0.1) is 0 Å². The highest BCUT2D eigenvalue weighted by molar-refractivity contribution is 6.03. The van der Waals surface area contributed by atoms with E-state index in [4.69, 9.17) is 4.74 Å². The number of urea groups is 1. The lowest BCUT2D eigenvalue weighted by atomic mass is 9.91. The normalized spacial score (nSPS) is 20.9. The fourth-order valence-electron chi connectivity index (χ4n) is 6.10. The molecule has 0 spiro atoms. The molecule has 39 heavy (non-hydrogen) atoms. The van der Waals surface area contributed by atoms with Crippen molar-refractivity contribution in [1.29, 1.82) is 0 Å². The van der Waals surface area contributed by atoms with E-state index in [2.05, 4.69) is 11.4 Å². The summed E-state index contributed by atoms with van der Waals surface area (Å²) in [6.45, 7) is 13.7. The average Bonchev–Trinajstić information content (AvgIpc) is 3.23. The van der Waals surface area contributed by atoms with Crippen LogP contribution in [-0.2, 0) is 19.1 Å². The van der Waals surface area contributed by atoms with Crippen molar-refractivity contribution in [3.8, 4) is 0 Å². The number of carbonyl (C=O) groups is 4. The molecule has 0 unspecified atom stereocenters. The minimum atomic E-state index is -0.643. The van der Waals surface area contributed by atoms with E-state index >= 15 is 0 Å². The zero-order valence-corrected chi connectivity index (χ0v) is 24.1. The Balaban J connectivity index is 1.62. The minimum Gasteiger partial charge on any atom is -0.466 e. The van der Waals surface area contributed by atoms with Crippen molar-refractivity contribution in [2.45, 2.75) is 72.9 Å². The molecule has 2 atom stereocenters. The monoisotopic (exact) mass is 538 g/mol. The second-order valence-corrected chi connectivity index (χ2v) is 11.3. The molecule has 0 aliphatic carbocycles. The highest BCUT2D eigenvalue weighted by Gasteiger charge is 2.48. The summed E-state index contributed by atoms with van der Waals surface area (Å²) in [5.41, 5.74) is 4.23. The molecule has 3 heterocycles. The van der Waals surface area contributed by atoms with Crippen LogP contribution < -0.4 is 5.32 Å². The van der Waals surface area contributed by atoms with Gasteiger partial charge in [-0.05, 0) is 64.0 Å². The van der Waals surface area contributed by atoms with Crippen molar-refractivity contribution in [3.05, 3.63) is 46.2 Å². The topological polar surface area (TPSA) is 99.3 Å². The minimum absolute atomic E-state index is 0.0930. The number of nitrogens with one attached hydrogen (secondary N) is 1. The lowest BCUT2D eigenvalue weighted by Gasteiger charge is -2.37. The van der Waals surface area contributed by atoms with Crippen LogP contribution in [0, 0.1) is 25.7 Å². The summed E-state index contributed by atoms with van der Waals surface area (Å²) < 4.78 is 5.18. The molecule has 1 aromatic rings. The largest absolute Gasteiger partial charge is 0.466 e. The Bertz CT molecular complexity index is 1170. The van der Waals surface area contributed by atoms with Gasteiger partial charge in [0.15, 0.2) is 0 Å². The van der Waals surface area contributed by atoms with Crippen LogP contribution in [0.15, 0.2) is 29.5 Å². The van der Waals surface area contributed by atoms with E-state index in [0.29, 0.717) is 56.8 Å². The van der Waals surface area contributed by atoms with Gasteiger partial charge in [-0.2, -0.15) is 0 Å². The van der Waals surface area contributed by atoms with Gasteiger partial charge in [0.05, 0.1) is 36.4 Å². The van der Waals surface area contributed by atoms with Crippen LogP contribution in [0.25, 0.3) is 0 Å². The molecule has 4 rings (SSSR count). The van der Waals surface area contributed by atoms with Gasteiger partial charge < -0.3 is 19.9 Å². The zero-order chi connectivity index (χ0) is 28.4. The Kier molecular flexibility index (Phi) is 8.67. The maximum atomic E-state index is 14.2. The van der Waals surface area contributed by atoms with Gasteiger partial charge in [0, 0.05) is 19.6 Å². The number of piperidine rings is 1.